The summed E-state index contributed by atoms with van der Waals surface area (Å²) < 4.78 is 1.87. The summed E-state index contributed by atoms with van der Waals surface area (Å²) in [5.74, 6) is 0.799. The molecule has 84 valence electrons. The first kappa shape index (κ1) is 11.1. The highest BCUT2D eigenvalue weighted by atomic mass is 79.9. The van der Waals surface area contributed by atoms with E-state index in [2.05, 4.69) is 38.9 Å². The molecule has 1 aliphatic rings. The summed E-state index contributed by atoms with van der Waals surface area (Å²) in [4.78, 5) is 2.53. The lowest BCUT2D eigenvalue weighted by molar-refractivity contribution is 0.241. The van der Waals surface area contributed by atoms with Crippen molar-refractivity contribution >= 4 is 15.9 Å². The number of aryl methyl sites for hydroxylation is 1. The first-order valence-corrected chi connectivity index (χ1v) is 6.61. The molecule has 1 aromatic heterocycles. The van der Waals surface area contributed by atoms with Crippen molar-refractivity contribution in [3.8, 4) is 0 Å². The summed E-state index contributed by atoms with van der Waals surface area (Å²) >= 11 is 3.61. The fourth-order valence-electron chi connectivity index (χ4n) is 2.29. The zero-order chi connectivity index (χ0) is 10.8. The van der Waals surface area contributed by atoms with Gasteiger partial charge in [0.25, 0.3) is 0 Å². The first-order valence-electron chi connectivity index (χ1n) is 5.49. The fourth-order valence-corrected chi connectivity index (χ4v) is 3.34. The number of alkyl halides is 1. The Kier molecular flexibility index (Phi) is 3.46. The fraction of sp³-hybridized carbons (Fsp3) is 0.727. The SMILES string of the molecule is CC1CCN(Cc2ccn(C)n2)C1CBr. The molecule has 1 aromatic rings. The summed E-state index contributed by atoms with van der Waals surface area (Å²) in [7, 11) is 1.97. The molecular formula is C11H18BrN3. The van der Waals surface area contributed by atoms with Crippen LogP contribution in [0, 0.1) is 5.92 Å². The average molecular weight is 272 g/mol. The van der Waals surface area contributed by atoms with Gasteiger partial charge in [-0.2, -0.15) is 5.10 Å². The quantitative estimate of drug-likeness (QED) is 0.785. The number of hydrogen-bond acceptors (Lipinski definition) is 2. The second-order valence-electron chi connectivity index (χ2n) is 4.44. The molecule has 2 heterocycles. The maximum absolute atomic E-state index is 4.43. The number of hydrogen-bond donors (Lipinski definition) is 0. The normalized spacial score (nSPS) is 27.4. The summed E-state index contributed by atoms with van der Waals surface area (Å²) in [5.41, 5.74) is 1.18. The van der Waals surface area contributed by atoms with Crippen LogP contribution in [0.5, 0.6) is 0 Å². The lowest BCUT2D eigenvalue weighted by Gasteiger charge is -2.24. The van der Waals surface area contributed by atoms with Crippen LogP contribution in [0.25, 0.3) is 0 Å². The summed E-state index contributed by atoms with van der Waals surface area (Å²) in [6.45, 7) is 4.53. The second-order valence-corrected chi connectivity index (χ2v) is 5.09. The third-order valence-electron chi connectivity index (χ3n) is 3.29. The van der Waals surface area contributed by atoms with Crippen LogP contribution in [-0.4, -0.2) is 32.6 Å². The van der Waals surface area contributed by atoms with Crippen LogP contribution in [0.15, 0.2) is 12.3 Å². The predicted molar refractivity (Wildman–Crippen MR) is 65.0 cm³/mol. The number of rotatable bonds is 3. The van der Waals surface area contributed by atoms with Gasteiger partial charge in [-0.15, -0.1) is 0 Å². The summed E-state index contributed by atoms with van der Waals surface area (Å²) in [5, 5.41) is 5.50. The van der Waals surface area contributed by atoms with Crippen molar-refractivity contribution in [3.63, 3.8) is 0 Å². The van der Waals surface area contributed by atoms with Crippen LogP contribution in [-0.2, 0) is 13.6 Å². The third-order valence-corrected chi connectivity index (χ3v) is 3.95. The molecule has 1 aliphatic heterocycles. The van der Waals surface area contributed by atoms with Crippen LogP contribution in [0.2, 0.25) is 0 Å². The summed E-state index contributed by atoms with van der Waals surface area (Å²) in [6.07, 6.45) is 3.32. The Hall–Kier alpha value is -0.350. The Morgan fingerprint density at radius 3 is 3.00 bits per heavy atom. The molecule has 0 saturated carbocycles. The van der Waals surface area contributed by atoms with Crippen molar-refractivity contribution in [2.45, 2.75) is 25.9 Å². The minimum Gasteiger partial charge on any atom is -0.293 e. The van der Waals surface area contributed by atoms with Gasteiger partial charge in [-0.25, -0.2) is 0 Å². The third kappa shape index (κ3) is 2.42. The lowest BCUT2D eigenvalue weighted by Crippen LogP contribution is -2.33. The number of aromatic nitrogens is 2. The zero-order valence-electron chi connectivity index (χ0n) is 9.36. The van der Waals surface area contributed by atoms with E-state index in [9.17, 15) is 0 Å². The molecule has 0 radical (unpaired) electrons. The zero-order valence-corrected chi connectivity index (χ0v) is 10.9. The second kappa shape index (κ2) is 4.66. The molecule has 2 rings (SSSR count). The maximum atomic E-state index is 4.43. The highest BCUT2D eigenvalue weighted by Gasteiger charge is 2.30. The molecule has 4 heteroatoms. The molecule has 0 amide bonds. The van der Waals surface area contributed by atoms with Crippen molar-refractivity contribution in [2.24, 2.45) is 13.0 Å². The maximum Gasteiger partial charge on any atom is 0.0764 e. The van der Waals surface area contributed by atoms with Crippen molar-refractivity contribution < 1.29 is 0 Å². The Balaban J connectivity index is 2.00. The van der Waals surface area contributed by atoms with Crippen LogP contribution >= 0.6 is 15.9 Å². The van der Waals surface area contributed by atoms with Gasteiger partial charge in [0.05, 0.1) is 5.69 Å². The van der Waals surface area contributed by atoms with E-state index in [0.29, 0.717) is 6.04 Å². The molecule has 15 heavy (non-hydrogen) atoms. The molecule has 2 unspecified atom stereocenters. The van der Waals surface area contributed by atoms with E-state index in [1.54, 1.807) is 0 Å². The smallest absolute Gasteiger partial charge is 0.0764 e. The topological polar surface area (TPSA) is 21.1 Å². The van der Waals surface area contributed by atoms with Gasteiger partial charge in [0, 0.05) is 31.2 Å². The standard InChI is InChI=1S/C11H18BrN3/c1-9-3-6-15(11(9)7-12)8-10-4-5-14(2)13-10/h4-5,9,11H,3,6-8H2,1-2H3. The Bertz CT molecular complexity index is 323. The minimum atomic E-state index is 0.673. The molecule has 0 aliphatic carbocycles. The number of likely N-dealkylation sites (tertiary alicyclic amines) is 1. The van der Waals surface area contributed by atoms with Gasteiger partial charge in [0.2, 0.25) is 0 Å². The van der Waals surface area contributed by atoms with E-state index in [4.69, 9.17) is 0 Å². The summed E-state index contributed by atoms with van der Waals surface area (Å²) in [6, 6.07) is 2.78. The highest BCUT2D eigenvalue weighted by Crippen LogP contribution is 2.26. The van der Waals surface area contributed by atoms with E-state index >= 15 is 0 Å². The van der Waals surface area contributed by atoms with Crippen LogP contribution in [0.4, 0.5) is 0 Å². The van der Waals surface area contributed by atoms with Crippen molar-refractivity contribution in [3.05, 3.63) is 18.0 Å². The molecule has 0 N–H and O–H groups in total. The van der Waals surface area contributed by atoms with Gasteiger partial charge in [-0.05, 0) is 24.9 Å². The van der Waals surface area contributed by atoms with Crippen LogP contribution < -0.4 is 0 Å². The van der Waals surface area contributed by atoms with Crippen LogP contribution in [0.3, 0.4) is 0 Å². The molecule has 1 fully saturated rings. The number of halogens is 1. The van der Waals surface area contributed by atoms with Gasteiger partial charge in [-0.1, -0.05) is 22.9 Å². The molecule has 3 nitrogen and oxygen atoms in total. The van der Waals surface area contributed by atoms with Crippen molar-refractivity contribution in [1.82, 2.24) is 14.7 Å². The Morgan fingerprint density at radius 1 is 1.60 bits per heavy atom. The van der Waals surface area contributed by atoms with Gasteiger partial charge in [-0.3, -0.25) is 9.58 Å². The van der Waals surface area contributed by atoms with E-state index in [-0.39, 0.29) is 0 Å². The first-order chi connectivity index (χ1) is 7.20. The Morgan fingerprint density at radius 2 is 2.40 bits per heavy atom. The largest absolute Gasteiger partial charge is 0.293 e. The molecule has 0 spiro atoms. The lowest BCUT2D eigenvalue weighted by atomic mass is 10.1. The average Bonchev–Trinajstić information content (AvgIpc) is 2.75. The minimum absolute atomic E-state index is 0.673. The molecule has 0 bridgehead atoms. The molecular weight excluding hydrogens is 254 g/mol. The van der Waals surface area contributed by atoms with Gasteiger partial charge in [0.1, 0.15) is 0 Å². The number of nitrogens with zero attached hydrogens (tertiary/aromatic N) is 3. The van der Waals surface area contributed by atoms with E-state index in [0.717, 1.165) is 17.8 Å². The molecule has 0 aromatic carbocycles. The van der Waals surface area contributed by atoms with Crippen molar-refractivity contribution in [2.75, 3.05) is 11.9 Å². The van der Waals surface area contributed by atoms with Crippen molar-refractivity contribution in [1.29, 1.82) is 0 Å². The van der Waals surface area contributed by atoms with E-state index in [1.807, 2.05) is 17.9 Å². The van der Waals surface area contributed by atoms with E-state index in [1.165, 1.54) is 18.7 Å². The molecule has 2 atom stereocenters. The van der Waals surface area contributed by atoms with Crippen LogP contribution in [0.1, 0.15) is 19.0 Å². The molecule has 1 saturated heterocycles. The van der Waals surface area contributed by atoms with E-state index < -0.39 is 0 Å². The van der Waals surface area contributed by atoms with Gasteiger partial charge in [0.15, 0.2) is 0 Å². The van der Waals surface area contributed by atoms with Gasteiger partial charge >= 0.3 is 0 Å². The monoisotopic (exact) mass is 271 g/mol. The predicted octanol–water partition coefficient (Wildman–Crippen LogP) is 2.03. The Labute approximate surface area is 99.6 Å². The highest BCUT2D eigenvalue weighted by molar-refractivity contribution is 9.09. The van der Waals surface area contributed by atoms with Gasteiger partial charge < -0.3 is 0 Å².